The number of pyridine rings is 1. The fraction of sp³-hybridized carbons (Fsp3) is 0.100. The molecule has 0 radical (unpaired) electrons. The quantitative estimate of drug-likeness (QED) is 0.868. The van der Waals surface area contributed by atoms with Gasteiger partial charge in [0.25, 0.3) is 10.0 Å². The maximum absolute atomic E-state index is 11.9. The molecule has 2 rings (SSSR count). The van der Waals surface area contributed by atoms with Crippen LogP contribution in [-0.2, 0) is 17.1 Å². The molecule has 0 aliphatic carbocycles. The van der Waals surface area contributed by atoms with Crippen LogP contribution >= 0.6 is 0 Å². The van der Waals surface area contributed by atoms with Crippen LogP contribution in [0.2, 0.25) is 0 Å². The Morgan fingerprint density at radius 3 is 2.67 bits per heavy atom. The number of hydrogen-bond donors (Lipinski definition) is 1. The molecule has 0 amide bonds. The van der Waals surface area contributed by atoms with Crippen molar-refractivity contribution >= 4 is 15.7 Å². The van der Waals surface area contributed by atoms with E-state index in [0.29, 0.717) is 5.69 Å². The molecule has 2 aromatic heterocycles. The molecule has 0 saturated heterocycles. The van der Waals surface area contributed by atoms with Gasteiger partial charge in [-0.2, -0.15) is 10.4 Å². The number of anilines is 1. The van der Waals surface area contributed by atoms with E-state index in [0.717, 1.165) is 6.20 Å². The molecule has 7 nitrogen and oxygen atoms in total. The normalized spacial score (nSPS) is 10.9. The Morgan fingerprint density at radius 2 is 2.17 bits per heavy atom. The fourth-order valence-corrected chi connectivity index (χ4v) is 2.27. The second kappa shape index (κ2) is 4.46. The predicted octanol–water partition coefficient (Wildman–Crippen LogP) is 0.488. The molecular weight excluding hydrogens is 254 g/mol. The van der Waals surface area contributed by atoms with Gasteiger partial charge in [0, 0.05) is 19.4 Å². The summed E-state index contributed by atoms with van der Waals surface area (Å²) in [5, 5.41) is 12.4. The molecule has 0 atom stereocenters. The first-order chi connectivity index (χ1) is 8.51. The van der Waals surface area contributed by atoms with Gasteiger partial charge in [-0.05, 0) is 12.1 Å². The van der Waals surface area contributed by atoms with Crippen LogP contribution < -0.4 is 4.72 Å². The summed E-state index contributed by atoms with van der Waals surface area (Å²) in [7, 11) is -2.02. The summed E-state index contributed by atoms with van der Waals surface area (Å²) in [5.41, 5.74) is 0.525. The van der Waals surface area contributed by atoms with E-state index in [-0.39, 0.29) is 10.6 Å². The van der Waals surface area contributed by atoms with Crippen LogP contribution in [0.4, 0.5) is 5.69 Å². The van der Waals surface area contributed by atoms with Gasteiger partial charge in [0.05, 0.1) is 11.9 Å². The van der Waals surface area contributed by atoms with Crippen LogP contribution in [0.3, 0.4) is 0 Å². The zero-order valence-electron chi connectivity index (χ0n) is 9.40. The molecule has 92 valence electrons. The van der Waals surface area contributed by atoms with E-state index < -0.39 is 10.0 Å². The molecule has 0 spiro atoms. The molecule has 2 aromatic rings. The molecule has 8 heteroatoms. The summed E-state index contributed by atoms with van der Waals surface area (Å²) < 4.78 is 27.7. The third-order valence-electron chi connectivity index (χ3n) is 2.12. The van der Waals surface area contributed by atoms with E-state index in [1.807, 2.05) is 6.07 Å². The Hall–Kier alpha value is -2.40. The topological polar surface area (TPSA) is 101 Å². The summed E-state index contributed by atoms with van der Waals surface area (Å²) in [5.74, 6) is 0. The van der Waals surface area contributed by atoms with Crippen molar-refractivity contribution in [3.8, 4) is 6.07 Å². The highest BCUT2D eigenvalue weighted by molar-refractivity contribution is 7.92. The van der Waals surface area contributed by atoms with Crippen molar-refractivity contribution in [2.75, 3.05) is 4.72 Å². The highest BCUT2D eigenvalue weighted by atomic mass is 32.2. The molecule has 0 aliphatic rings. The van der Waals surface area contributed by atoms with Crippen LogP contribution in [0.15, 0.2) is 35.6 Å². The first-order valence-electron chi connectivity index (χ1n) is 4.89. The van der Waals surface area contributed by atoms with E-state index in [1.165, 1.54) is 29.2 Å². The van der Waals surface area contributed by atoms with E-state index in [4.69, 9.17) is 5.26 Å². The van der Waals surface area contributed by atoms with Gasteiger partial charge in [-0.15, -0.1) is 0 Å². The highest BCUT2D eigenvalue weighted by Crippen LogP contribution is 2.14. The van der Waals surface area contributed by atoms with Crippen molar-refractivity contribution in [3.05, 3.63) is 36.4 Å². The lowest BCUT2D eigenvalue weighted by Gasteiger charge is -2.04. The number of hydrogen-bond acceptors (Lipinski definition) is 5. The Kier molecular flexibility index (Phi) is 2.99. The standard InChI is InChI=1S/C10H9N5O2S/c1-15-7-9(5-13-15)14-18(16,17)10-3-2-8(4-11)12-6-10/h2-3,5-7,14H,1H3. The van der Waals surface area contributed by atoms with Crippen molar-refractivity contribution in [1.82, 2.24) is 14.8 Å². The molecule has 0 unspecified atom stereocenters. The smallest absolute Gasteiger partial charge is 0.263 e. The van der Waals surface area contributed by atoms with Gasteiger partial charge in [-0.3, -0.25) is 9.40 Å². The van der Waals surface area contributed by atoms with Crippen LogP contribution in [-0.4, -0.2) is 23.2 Å². The molecule has 1 N–H and O–H groups in total. The van der Waals surface area contributed by atoms with Gasteiger partial charge in [-0.1, -0.05) is 0 Å². The van der Waals surface area contributed by atoms with Crippen molar-refractivity contribution in [1.29, 1.82) is 5.26 Å². The minimum absolute atomic E-state index is 0.00893. The van der Waals surface area contributed by atoms with Gasteiger partial charge in [0.2, 0.25) is 0 Å². The zero-order valence-corrected chi connectivity index (χ0v) is 10.2. The Bertz CT molecular complexity index is 697. The molecule has 2 heterocycles. The molecule has 0 bridgehead atoms. The lowest BCUT2D eigenvalue weighted by atomic mass is 10.4. The minimum Gasteiger partial charge on any atom is -0.276 e. The van der Waals surface area contributed by atoms with E-state index in [9.17, 15) is 8.42 Å². The summed E-state index contributed by atoms with van der Waals surface area (Å²) in [6, 6.07) is 4.49. The van der Waals surface area contributed by atoms with Gasteiger partial charge >= 0.3 is 0 Å². The average molecular weight is 263 g/mol. The first-order valence-corrected chi connectivity index (χ1v) is 6.37. The fourth-order valence-electron chi connectivity index (χ4n) is 1.29. The Morgan fingerprint density at radius 1 is 1.39 bits per heavy atom. The van der Waals surface area contributed by atoms with Crippen LogP contribution in [0, 0.1) is 11.3 Å². The largest absolute Gasteiger partial charge is 0.276 e. The molecule has 0 aliphatic heterocycles. The average Bonchev–Trinajstić information content (AvgIpc) is 2.74. The van der Waals surface area contributed by atoms with Gasteiger partial charge in [0.15, 0.2) is 0 Å². The molecule has 0 fully saturated rings. The van der Waals surface area contributed by atoms with Crippen molar-refractivity contribution in [2.45, 2.75) is 4.90 Å². The van der Waals surface area contributed by atoms with E-state index in [1.54, 1.807) is 7.05 Å². The molecule has 0 saturated carbocycles. The third kappa shape index (κ3) is 2.46. The molecular formula is C10H9N5O2S. The Labute approximate surface area is 104 Å². The molecule has 0 aromatic carbocycles. The number of sulfonamides is 1. The van der Waals surface area contributed by atoms with E-state index in [2.05, 4.69) is 14.8 Å². The van der Waals surface area contributed by atoms with Crippen LogP contribution in [0.25, 0.3) is 0 Å². The predicted molar refractivity (Wildman–Crippen MR) is 63.0 cm³/mol. The number of nitrogens with zero attached hydrogens (tertiary/aromatic N) is 4. The monoisotopic (exact) mass is 263 g/mol. The minimum atomic E-state index is -3.70. The SMILES string of the molecule is Cn1cc(NS(=O)(=O)c2ccc(C#N)nc2)cn1. The second-order valence-corrected chi connectivity index (χ2v) is 5.18. The zero-order chi connectivity index (χ0) is 13.2. The number of aromatic nitrogens is 3. The number of nitriles is 1. The van der Waals surface area contributed by atoms with Gasteiger partial charge < -0.3 is 0 Å². The van der Waals surface area contributed by atoms with Crippen molar-refractivity contribution in [3.63, 3.8) is 0 Å². The van der Waals surface area contributed by atoms with Crippen molar-refractivity contribution < 1.29 is 8.42 Å². The number of aryl methyl sites for hydroxylation is 1. The van der Waals surface area contributed by atoms with E-state index >= 15 is 0 Å². The second-order valence-electron chi connectivity index (χ2n) is 3.50. The summed E-state index contributed by atoms with van der Waals surface area (Å²) >= 11 is 0. The van der Waals surface area contributed by atoms with Crippen LogP contribution in [0.5, 0.6) is 0 Å². The molecule has 18 heavy (non-hydrogen) atoms. The number of nitrogens with one attached hydrogen (secondary N) is 1. The first kappa shape index (κ1) is 12.1. The highest BCUT2D eigenvalue weighted by Gasteiger charge is 2.15. The van der Waals surface area contributed by atoms with Crippen molar-refractivity contribution in [2.24, 2.45) is 7.05 Å². The summed E-state index contributed by atoms with van der Waals surface area (Å²) in [4.78, 5) is 3.70. The third-order valence-corrected chi connectivity index (χ3v) is 3.48. The summed E-state index contributed by atoms with van der Waals surface area (Å²) in [6.07, 6.45) is 4.07. The Balaban J connectivity index is 2.28. The maximum atomic E-state index is 11.9. The lowest BCUT2D eigenvalue weighted by molar-refractivity contribution is 0.601. The number of rotatable bonds is 3. The van der Waals surface area contributed by atoms with Gasteiger partial charge in [-0.25, -0.2) is 13.4 Å². The maximum Gasteiger partial charge on any atom is 0.263 e. The lowest BCUT2D eigenvalue weighted by Crippen LogP contribution is -2.12. The van der Waals surface area contributed by atoms with Crippen LogP contribution in [0.1, 0.15) is 5.69 Å². The van der Waals surface area contributed by atoms with Gasteiger partial charge in [0.1, 0.15) is 16.7 Å². The summed E-state index contributed by atoms with van der Waals surface area (Å²) in [6.45, 7) is 0.